The third-order valence-corrected chi connectivity index (χ3v) is 24.8. The van der Waals surface area contributed by atoms with E-state index in [1.807, 2.05) is 27.0 Å². The molecule has 0 unspecified atom stereocenters. The number of halogens is 2. The van der Waals surface area contributed by atoms with E-state index in [4.69, 9.17) is 66.2 Å². The van der Waals surface area contributed by atoms with Crippen LogP contribution in [0, 0.1) is 13.8 Å². The van der Waals surface area contributed by atoms with Crippen molar-refractivity contribution in [1.29, 1.82) is 0 Å². The molecule has 115 heavy (non-hydrogen) atoms. The number of Topliss-reactive ketones (excluding diaryl/α,β-unsaturated/α-hetero) is 1. The molecule has 6 fully saturated rings. The number of aliphatic hydroxyl groups is 3. The molecule has 626 valence electrons. The monoisotopic (exact) mass is 1640 g/mol. The quantitative estimate of drug-likeness (QED) is 0.0629. The summed E-state index contributed by atoms with van der Waals surface area (Å²) in [5.74, 6) is -4.05. The molecule has 3 spiro atoms. The predicted octanol–water partition coefficient (Wildman–Crippen LogP) is 6.07. The average molecular weight is 1650 g/mol. The van der Waals surface area contributed by atoms with E-state index in [9.17, 15) is 73.2 Å². The van der Waals surface area contributed by atoms with Gasteiger partial charge in [0, 0.05) is 108 Å². The number of aryl methyl sites for hydroxylation is 2. The number of piperidine rings is 3. The molecule has 6 bridgehead atoms. The molecule has 8 heterocycles. The molecule has 17 rings (SSSR count). The number of carboxylic acids is 1. The number of phenolic OH excluding ortho intramolecular Hbond substituents is 1. The van der Waals surface area contributed by atoms with E-state index in [2.05, 4.69) is 67.4 Å². The normalized spacial score (nSPS) is 30.5. The van der Waals surface area contributed by atoms with Crippen molar-refractivity contribution < 1.29 is 130 Å². The summed E-state index contributed by atoms with van der Waals surface area (Å²) in [6, 6.07) is 11.9. The third-order valence-electron chi connectivity index (χ3n) is 24.8. The maximum absolute atomic E-state index is 12.6. The van der Waals surface area contributed by atoms with E-state index < -0.39 is 135 Å². The van der Waals surface area contributed by atoms with Crippen molar-refractivity contribution >= 4 is 88.6 Å². The number of hydrogen-bond acceptors (Lipinski definition) is 29. The molecule has 1 saturated carbocycles. The highest BCUT2D eigenvalue weighted by atomic mass is 35.5. The number of ether oxygens (including phenoxy) is 10. The Kier molecular flexibility index (Phi) is 25.8. The van der Waals surface area contributed by atoms with E-state index >= 15 is 0 Å². The molecule has 16 atom stereocenters. The van der Waals surface area contributed by atoms with Crippen LogP contribution in [0.15, 0.2) is 60.1 Å². The van der Waals surface area contributed by atoms with Gasteiger partial charge in [0.2, 0.25) is 0 Å². The summed E-state index contributed by atoms with van der Waals surface area (Å²) < 4.78 is 53.8. The smallest absolute Gasteiger partial charge is 0.373 e. The first-order valence-electron chi connectivity index (χ1n) is 38.7. The van der Waals surface area contributed by atoms with Crippen molar-refractivity contribution in [2.24, 2.45) is 0 Å². The van der Waals surface area contributed by atoms with E-state index in [-0.39, 0.29) is 53.6 Å². The number of nitrogens with zero attached hydrogens (tertiary/aromatic N) is 4. The Morgan fingerprint density at radius 1 is 0.504 bits per heavy atom. The first-order valence-corrected chi connectivity index (χ1v) is 39.7. The molecule has 6 aliphatic carbocycles. The van der Waals surface area contributed by atoms with Crippen LogP contribution < -0.4 is 14.2 Å². The van der Waals surface area contributed by atoms with Crippen molar-refractivity contribution in [3.8, 4) is 23.0 Å². The van der Waals surface area contributed by atoms with Gasteiger partial charge >= 0.3 is 47.8 Å². The van der Waals surface area contributed by atoms with Crippen LogP contribution in [0.5, 0.6) is 23.0 Å². The summed E-state index contributed by atoms with van der Waals surface area (Å²) in [5, 5.41) is 55.0. The molecule has 3 aromatic rings. The number of aliphatic carboxylic acids is 1. The van der Waals surface area contributed by atoms with Gasteiger partial charge in [-0.15, -0.1) is 28.3 Å². The molecule has 5 N–H and O–H groups in total. The van der Waals surface area contributed by atoms with Gasteiger partial charge in [-0.25, -0.2) is 19.2 Å². The number of imide groups is 1. The van der Waals surface area contributed by atoms with Gasteiger partial charge in [-0.1, -0.05) is 30.3 Å². The van der Waals surface area contributed by atoms with Crippen molar-refractivity contribution in [3.05, 3.63) is 105 Å². The topological polar surface area (TPSA) is 403 Å². The van der Waals surface area contributed by atoms with Crippen LogP contribution in [-0.2, 0) is 126 Å². The summed E-state index contributed by atoms with van der Waals surface area (Å²) in [7, 11) is 6.16. The highest BCUT2D eigenvalue weighted by Crippen LogP contribution is 2.68. The number of alkyl halides is 2. The number of phenols is 1. The number of amides is 2. The van der Waals surface area contributed by atoms with Crippen LogP contribution in [0.3, 0.4) is 0 Å². The van der Waals surface area contributed by atoms with Crippen LogP contribution in [-0.4, -0.2) is 248 Å². The van der Waals surface area contributed by atoms with Crippen molar-refractivity contribution in [1.82, 2.24) is 19.8 Å². The zero-order valence-electron chi connectivity index (χ0n) is 66.8. The summed E-state index contributed by atoms with van der Waals surface area (Å²) in [6.07, 6.45) is 6.01. The number of esters is 6. The molecule has 0 radical (unpaired) electrons. The standard InChI is InChI=1S/C23H27NO6.C22H25NO7.C18H21NO3.C9H11NO6.C5H8O4.C4H8O.CH2Cl2/c1-12-5-6-15-11-17-23(27)8-7-16(29-21(26)13(2)28-14(3)25)20-22(23,9-10-24(17)4)18(15)19(12)30-20;1-11(28-12(2)24)20(26)29-15-6-7-22(27)16-10-13-4-5-14(25)18-17(13)21(22,19(15)30-18)8-9-23(16)3;1-10-3-4-11-9-13-18(21)6-5-12(20)16-17(18,7-8-19(13)2)14(11)15(10)22-16;1-5(15-6(2)11)9(14)16-10-7(12)3-4-8(10)13;1-3(5(7)8)9-4(2)6;1-2-4-5-3-1;2-1-3/h5-7,13,17,20,27H,8-11H2,1-4H3;4-6,11,16,19,25,27H,7-10H2,1-3H3;3-4,13,16,21H,5-9H2,1-2H3;5H,3-4H2,1-2H3;3H,1-2H3,(H,7,8);1-4H2;1H2/t13-,17+,20-,22-,23+;11-,16+,19-,21-,22+;13-,16+,17+,18-;5-;3-;;/m00100../s1. The molecule has 8 aliphatic heterocycles. The molecule has 5 saturated heterocycles. The van der Waals surface area contributed by atoms with Crippen molar-refractivity contribution in [2.75, 3.05) is 59.3 Å². The lowest BCUT2D eigenvalue weighted by atomic mass is 9.49. The first-order chi connectivity index (χ1) is 54.2. The second kappa shape index (κ2) is 34.0. The van der Waals surface area contributed by atoms with Gasteiger partial charge in [-0.2, -0.15) is 0 Å². The summed E-state index contributed by atoms with van der Waals surface area (Å²) in [4.78, 5) is 135. The summed E-state index contributed by atoms with van der Waals surface area (Å²) >= 11 is 9.53. The minimum Gasteiger partial charge on any atom is -0.504 e. The maximum atomic E-state index is 12.6. The van der Waals surface area contributed by atoms with E-state index in [0.29, 0.717) is 61.5 Å². The van der Waals surface area contributed by atoms with Crippen LogP contribution in [0.1, 0.15) is 171 Å². The average Bonchev–Trinajstić information content (AvgIpc) is 1.58. The first kappa shape index (κ1) is 87.1. The minimum atomic E-state index is -1.15. The molecular weight excluding hydrogens is 1540 g/mol. The lowest BCUT2D eigenvalue weighted by Gasteiger charge is -2.62. The van der Waals surface area contributed by atoms with Crippen molar-refractivity contribution in [2.45, 2.75) is 253 Å². The number of carboxylic acid groups (broad SMARTS) is 1. The molecule has 0 aromatic heterocycles. The Labute approximate surface area is 675 Å². The van der Waals surface area contributed by atoms with Gasteiger partial charge in [-0.3, -0.25) is 33.6 Å². The fourth-order valence-corrected chi connectivity index (χ4v) is 19.6. The molecule has 3 aromatic carbocycles. The Hall–Kier alpha value is -8.79. The summed E-state index contributed by atoms with van der Waals surface area (Å²) in [5.41, 5.74) is 3.68. The van der Waals surface area contributed by atoms with Crippen LogP contribution in [0.2, 0.25) is 0 Å². The van der Waals surface area contributed by atoms with Gasteiger partial charge in [0.05, 0.1) is 38.4 Å². The van der Waals surface area contributed by atoms with Crippen LogP contribution >= 0.6 is 23.2 Å². The molecule has 2 amide bonds. The number of rotatable bonds is 11. The Bertz CT molecular complexity index is 4270. The van der Waals surface area contributed by atoms with Gasteiger partial charge in [-0.05, 0) is 186 Å². The van der Waals surface area contributed by atoms with Crippen LogP contribution in [0.25, 0.3) is 0 Å². The predicted molar refractivity (Wildman–Crippen MR) is 406 cm³/mol. The number of aromatic hydroxyl groups is 1. The zero-order chi connectivity index (χ0) is 84.1. The highest BCUT2D eigenvalue weighted by molar-refractivity contribution is 6.40. The van der Waals surface area contributed by atoms with E-state index in [0.717, 1.165) is 104 Å². The SMILES string of the molecule is C1CCOC1.CC(=O)O[C@@H](C)C(=O)O.CC(=O)O[C@@H](C)C(=O)OC1=CC[C@@]2(O)[C@H]3Cc4ccc(C)c5c4[C@@]2(CCN3C)[C@H]1O5.CC(=O)O[C@@H](C)C(=O)OC1=CC[C@@]2(O)[C@H]3Cc4ccc(O)c5c4[C@@]2(CCN3C)[C@H]1O5.CC(=O)O[C@@H](C)C(=O)ON1C(=O)CCC1=O.Cc1ccc2c3c1O[C@H]1C(=O)CC[C@@]4(O)[C@@H](C2)N(C)CC[C@]314.ClCCl. The zero-order valence-corrected chi connectivity index (χ0v) is 68.3. The fraction of sp³-hybridized carbons (Fsp3) is 0.598. The molecule has 33 heteroatoms. The third kappa shape index (κ3) is 15.5. The summed E-state index contributed by atoms with van der Waals surface area (Å²) in [6.45, 7) is 18.8. The highest BCUT2D eigenvalue weighted by Gasteiger charge is 2.75. The van der Waals surface area contributed by atoms with Crippen LogP contribution in [0.4, 0.5) is 0 Å². The lowest BCUT2D eigenvalue weighted by Crippen LogP contribution is -2.76. The number of carbonyl (C=O) groups is 11. The second-order valence-corrected chi connectivity index (χ2v) is 32.5. The van der Waals surface area contributed by atoms with Gasteiger partial charge in [0.1, 0.15) is 23.0 Å². The molecule has 31 nitrogen and oxygen atoms in total. The number of likely N-dealkylation sites (N-methyl/N-ethyl adjacent to an activating group) is 3. The maximum Gasteiger partial charge on any atom is 0.373 e. The second-order valence-electron chi connectivity index (χ2n) is 31.7. The Balaban J connectivity index is 0.000000144. The lowest BCUT2D eigenvalue weighted by molar-refractivity contribution is -0.204. The number of likely N-dealkylation sites (tertiary alicyclic amines) is 3. The fourth-order valence-electron chi connectivity index (χ4n) is 19.6. The number of benzene rings is 3. The molecular formula is C82H102Cl2N4O27. The van der Waals surface area contributed by atoms with E-state index in [1.165, 1.54) is 72.4 Å². The van der Waals surface area contributed by atoms with Crippen molar-refractivity contribution in [3.63, 3.8) is 0 Å². The van der Waals surface area contributed by atoms with E-state index in [1.54, 1.807) is 18.2 Å². The van der Waals surface area contributed by atoms with Gasteiger partial charge in [0.15, 0.2) is 60.0 Å². The largest absolute Gasteiger partial charge is 0.504 e. The number of hydrogen-bond donors (Lipinski definition) is 5. The minimum absolute atomic E-state index is 0.0104. The molecule has 14 aliphatic rings. The number of hydroxylamine groups is 2. The number of ketones is 1. The number of carbonyl (C=O) groups excluding carboxylic acids is 10. The van der Waals surface area contributed by atoms with Gasteiger partial charge < -0.3 is 92.4 Å². The Morgan fingerprint density at radius 3 is 1.24 bits per heavy atom. The Morgan fingerprint density at radius 2 is 0.861 bits per heavy atom. The van der Waals surface area contributed by atoms with Gasteiger partial charge in [0.25, 0.3) is 11.8 Å².